The number of allylic oxidation sites excluding steroid dienone is 1. The van der Waals surface area contributed by atoms with Crippen molar-refractivity contribution in [1.82, 2.24) is 0 Å². The van der Waals surface area contributed by atoms with Gasteiger partial charge in [-0.3, -0.25) is 4.79 Å². The van der Waals surface area contributed by atoms with Crippen LogP contribution >= 0.6 is 22.6 Å². The number of alkyl halides is 1. The largest absolute Gasteiger partial charge is 0.493 e. The second kappa shape index (κ2) is 3.51. The summed E-state index contributed by atoms with van der Waals surface area (Å²) in [6.07, 6.45) is 2.70. The molecule has 0 N–H and O–H groups in total. The Kier molecular flexibility index (Phi) is 2.62. The maximum atomic E-state index is 11.8. The molecule has 1 aliphatic heterocycles. The lowest BCUT2D eigenvalue weighted by Gasteiger charge is -2.28. The van der Waals surface area contributed by atoms with E-state index in [1.807, 2.05) is 0 Å². The van der Waals surface area contributed by atoms with Crippen molar-refractivity contribution in [2.45, 2.75) is 39.2 Å². The molecule has 0 amide bonds. The number of Topliss-reactive ketones (excluding diaryl/α,β-unsaturated/α-hetero) is 1. The number of rotatable bonds is 1. The standard InChI is InChI=1S/C11H15IO2/c1-11(2)4-9(13)8-3-7(6-12)14-10(8)5-11/h7H,3-6H2,1-2H3. The van der Waals surface area contributed by atoms with Gasteiger partial charge in [0.05, 0.1) is 0 Å². The maximum Gasteiger partial charge on any atom is 0.162 e. The minimum atomic E-state index is 0.0933. The first-order valence-corrected chi connectivity index (χ1v) is 6.52. The van der Waals surface area contributed by atoms with Gasteiger partial charge in [-0.25, -0.2) is 0 Å². The summed E-state index contributed by atoms with van der Waals surface area (Å²) >= 11 is 2.32. The van der Waals surface area contributed by atoms with E-state index in [-0.39, 0.29) is 11.5 Å². The zero-order valence-electron chi connectivity index (χ0n) is 8.60. The molecule has 0 fully saturated rings. The third kappa shape index (κ3) is 1.83. The SMILES string of the molecule is CC1(C)CC(=O)C2=C(C1)OC(CI)C2. The van der Waals surface area contributed by atoms with Crippen molar-refractivity contribution in [2.24, 2.45) is 5.41 Å². The summed E-state index contributed by atoms with van der Waals surface area (Å²) in [6.45, 7) is 4.27. The van der Waals surface area contributed by atoms with Gasteiger partial charge in [-0.2, -0.15) is 0 Å². The van der Waals surface area contributed by atoms with Crippen LogP contribution in [0, 0.1) is 5.41 Å². The van der Waals surface area contributed by atoms with Gasteiger partial charge in [0.25, 0.3) is 0 Å². The summed E-state index contributed by atoms with van der Waals surface area (Å²) in [5.74, 6) is 1.29. The molecule has 2 rings (SSSR count). The van der Waals surface area contributed by atoms with Crippen LogP contribution in [0.2, 0.25) is 0 Å². The van der Waals surface area contributed by atoms with Crippen LogP contribution in [0.4, 0.5) is 0 Å². The smallest absolute Gasteiger partial charge is 0.162 e. The van der Waals surface area contributed by atoms with Crippen molar-refractivity contribution in [3.05, 3.63) is 11.3 Å². The van der Waals surface area contributed by atoms with Gasteiger partial charge in [0.1, 0.15) is 11.9 Å². The molecule has 0 aromatic heterocycles. The molecule has 0 spiro atoms. The zero-order valence-corrected chi connectivity index (χ0v) is 10.8. The molecular weight excluding hydrogens is 291 g/mol. The molecule has 2 nitrogen and oxygen atoms in total. The first kappa shape index (κ1) is 10.5. The molecule has 0 saturated carbocycles. The number of hydrogen-bond acceptors (Lipinski definition) is 2. The molecule has 1 unspecified atom stereocenters. The van der Waals surface area contributed by atoms with Gasteiger partial charge in [0.15, 0.2) is 5.78 Å². The molecule has 0 aromatic carbocycles. The summed E-state index contributed by atoms with van der Waals surface area (Å²) < 4.78 is 6.74. The van der Waals surface area contributed by atoms with E-state index >= 15 is 0 Å². The lowest BCUT2D eigenvalue weighted by molar-refractivity contribution is -0.118. The Morgan fingerprint density at radius 3 is 2.86 bits per heavy atom. The van der Waals surface area contributed by atoms with Gasteiger partial charge in [0, 0.05) is 29.3 Å². The number of halogens is 1. The molecule has 0 radical (unpaired) electrons. The second-order valence-electron chi connectivity index (χ2n) is 4.94. The Bertz CT molecular complexity index is 304. The molecule has 1 aliphatic carbocycles. The molecule has 0 aromatic rings. The lowest BCUT2D eigenvalue weighted by atomic mass is 9.76. The summed E-state index contributed by atoms with van der Waals surface area (Å²) in [5.41, 5.74) is 1.07. The molecular formula is C11H15IO2. The van der Waals surface area contributed by atoms with E-state index in [1.54, 1.807) is 0 Å². The van der Waals surface area contributed by atoms with Crippen LogP contribution < -0.4 is 0 Å². The van der Waals surface area contributed by atoms with Gasteiger partial charge < -0.3 is 4.74 Å². The Morgan fingerprint density at radius 1 is 1.50 bits per heavy atom. The monoisotopic (exact) mass is 306 g/mol. The van der Waals surface area contributed by atoms with Crippen LogP contribution in [-0.2, 0) is 9.53 Å². The highest BCUT2D eigenvalue weighted by molar-refractivity contribution is 14.1. The zero-order chi connectivity index (χ0) is 10.3. The predicted octanol–water partition coefficient (Wildman–Crippen LogP) is 2.85. The Hall–Kier alpha value is -0.0600. The minimum absolute atomic E-state index is 0.0933. The van der Waals surface area contributed by atoms with Crippen LogP contribution in [0.25, 0.3) is 0 Å². The van der Waals surface area contributed by atoms with Crippen molar-refractivity contribution < 1.29 is 9.53 Å². The van der Waals surface area contributed by atoms with E-state index in [0.717, 1.165) is 28.6 Å². The third-order valence-corrected chi connectivity index (χ3v) is 3.85. The van der Waals surface area contributed by atoms with Crippen molar-refractivity contribution >= 4 is 28.4 Å². The van der Waals surface area contributed by atoms with Crippen LogP contribution in [-0.4, -0.2) is 16.3 Å². The average molecular weight is 306 g/mol. The van der Waals surface area contributed by atoms with Gasteiger partial charge >= 0.3 is 0 Å². The number of hydrogen-bond donors (Lipinski definition) is 0. The van der Waals surface area contributed by atoms with E-state index in [0.29, 0.717) is 12.2 Å². The number of carbonyl (C=O) groups excluding carboxylic acids is 1. The van der Waals surface area contributed by atoms with Crippen molar-refractivity contribution in [3.63, 3.8) is 0 Å². The Morgan fingerprint density at radius 2 is 2.21 bits per heavy atom. The number of ketones is 1. The maximum absolute atomic E-state index is 11.8. The summed E-state index contributed by atoms with van der Waals surface area (Å²) in [5, 5.41) is 0. The lowest BCUT2D eigenvalue weighted by Crippen LogP contribution is -2.24. The quantitative estimate of drug-likeness (QED) is 0.550. The van der Waals surface area contributed by atoms with E-state index in [1.165, 1.54) is 0 Å². The minimum Gasteiger partial charge on any atom is -0.493 e. The van der Waals surface area contributed by atoms with Crippen LogP contribution in [0.3, 0.4) is 0 Å². The normalized spacial score (nSPS) is 30.2. The van der Waals surface area contributed by atoms with Crippen LogP contribution in [0.15, 0.2) is 11.3 Å². The topological polar surface area (TPSA) is 26.3 Å². The molecule has 1 heterocycles. The highest BCUT2D eigenvalue weighted by Crippen LogP contribution is 2.42. The fourth-order valence-electron chi connectivity index (χ4n) is 2.20. The van der Waals surface area contributed by atoms with Gasteiger partial charge in [0.2, 0.25) is 0 Å². The molecule has 0 bridgehead atoms. The van der Waals surface area contributed by atoms with E-state index in [2.05, 4.69) is 36.4 Å². The van der Waals surface area contributed by atoms with Gasteiger partial charge in [-0.05, 0) is 5.41 Å². The van der Waals surface area contributed by atoms with Crippen molar-refractivity contribution in [2.75, 3.05) is 4.43 Å². The molecule has 0 saturated heterocycles. The van der Waals surface area contributed by atoms with Crippen LogP contribution in [0.5, 0.6) is 0 Å². The van der Waals surface area contributed by atoms with Gasteiger partial charge in [-0.1, -0.05) is 36.4 Å². The fourth-order valence-corrected chi connectivity index (χ4v) is 2.69. The Labute approximate surface area is 98.2 Å². The predicted molar refractivity (Wildman–Crippen MR) is 63.4 cm³/mol. The highest BCUT2D eigenvalue weighted by atomic mass is 127. The first-order chi connectivity index (χ1) is 6.52. The van der Waals surface area contributed by atoms with E-state index in [9.17, 15) is 4.79 Å². The molecule has 1 atom stereocenters. The third-order valence-electron chi connectivity index (χ3n) is 2.86. The highest BCUT2D eigenvalue weighted by Gasteiger charge is 2.38. The molecule has 3 heteroatoms. The summed E-state index contributed by atoms with van der Waals surface area (Å²) in [4.78, 5) is 11.8. The van der Waals surface area contributed by atoms with Crippen LogP contribution in [0.1, 0.15) is 33.1 Å². The number of ether oxygens (including phenoxy) is 1. The summed E-state index contributed by atoms with van der Waals surface area (Å²) in [7, 11) is 0. The van der Waals surface area contributed by atoms with Crippen molar-refractivity contribution in [1.29, 1.82) is 0 Å². The van der Waals surface area contributed by atoms with E-state index < -0.39 is 0 Å². The fraction of sp³-hybridized carbons (Fsp3) is 0.727. The molecule has 14 heavy (non-hydrogen) atoms. The van der Waals surface area contributed by atoms with Gasteiger partial charge in [-0.15, -0.1) is 0 Å². The molecule has 2 aliphatic rings. The van der Waals surface area contributed by atoms with E-state index in [4.69, 9.17) is 4.74 Å². The number of carbonyl (C=O) groups is 1. The summed E-state index contributed by atoms with van der Waals surface area (Å²) in [6, 6.07) is 0. The van der Waals surface area contributed by atoms with Crippen molar-refractivity contribution in [3.8, 4) is 0 Å². The first-order valence-electron chi connectivity index (χ1n) is 5.00. The Balaban J connectivity index is 2.21. The molecule has 78 valence electrons. The second-order valence-corrected chi connectivity index (χ2v) is 5.82. The average Bonchev–Trinajstić information content (AvgIpc) is 2.45.